The summed E-state index contributed by atoms with van der Waals surface area (Å²) in [5.74, 6) is 0.854. The topological polar surface area (TPSA) is 33.0 Å². The number of ether oxygens (including phenoxy) is 1. The first-order valence-corrected chi connectivity index (χ1v) is 6.43. The first-order valence-electron chi connectivity index (χ1n) is 6.43. The Morgan fingerprint density at radius 3 is 2.47 bits per heavy atom. The molecule has 0 aliphatic heterocycles. The van der Waals surface area contributed by atoms with Gasteiger partial charge in [0.2, 0.25) is 0 Å². The number of hydrogen-bond donors (Lipinski definition) is 0. The molecule has 1 aromatic rings. The van der Waals surface area contributed by atoms with Crippen molar-refractivity contribution >= 4 is 0 Å². The Morgan fingerprint density at radius 1 is 1.18 bits per heavy atom. The highest BCUT2D eigenvalue weighted by Crippen LogP contribution is 2.16. The molecule has 0 aromatic heterocycles. The van der Waals surface area contributed by atoms with E-state index in [0.717, 1.165) is 12.2 Å². The summed E-state index contributed by atoms with van der Waals surface area (Å²) in [6.45, 7) is 4.32. The second-order valence-electron chi connectivity index (χ2n) is 4.41. The van der Waals surface area contributed by atoms with Crippen LogP contribution in [0.5, 0.6) is 5.75 Å². The van der Waals surface area contributed by atoms with E-state index in [4.69, 9.17) is 10.00 Å². The quantitative estimate of drug-likeness (QED) is 0.655. The molecule has 2 nitrogen and oxygen atoms in total. The first kappa shape index (κ1) is 13.6. The van der Waals surface area contributed by atoms with Crippen LogP contribution in [0.4, 0.5) is 0 Å². The van der Waals surface area contributed by atoms with Gasteiger partial charge < -0.3 is 4.74 Å². The molecule has 0 aliphatic rings. The van der Waals surface area contributed by atoms with E-state index in [1.165, 1.54) is 25.7 Å². The standard InChI is InChI=1S/C15H21NO/c1-3-4-5-6-7-13(2)17-15-10-8-14(12-16)9-11-15/h8-11,13H,3-7H2,1-2H3/t13-/m0/s1. The second kappa shape index (κ2) is 7.73. The summed E-state index contributed by atoms with van der Waals surface area (Å²) in [7, 11) is 0. The van der Waals surface area contributed by atoms with Crippen molar-refractivity contribution in [2.24, 2.45) is 0 Å². The Balaban J connectivity index is 2.30. The molecule has 92 valence electrons. The molecule has 1 atom stereocenters. The number of rotatable bonds is 7. The van der Waals surface area contributed by atoms with Crippen molar-refractivity contribution in [2.45, 2.75) is 52.1 Å². The zero-order valence-corrected chi connectivity index (χ0v) is 10.8. The molecule has 0 heterocycles. The lowest BCUT2D eigenvalue weighted by Gasteiger charge is -2.14. The van der Waals surface area contributed by atoms with Gasteiger partial charge in [0.05, 0.1) is 17.7 Å². The van der Waals surface area contributed by atoms with Gasteiger partial charge in [0.1, 0.15) is 5.75 Å². The molecule has 0 bridgehead atoms. The SMILES string of the molecule is CCCCCC[C@H](C)Oc1ccc(C#N)cc1. The monoisotopic (exact) mass is 231 g/mol. The van der Waals surface area contributed by atoms with E-state index in [-0.39, 0.29) is 6.10 Å². The summed E-state index contributed by atoms with van der Waals surface area (Å²) in [5, 5.41) is 8.69. The van der Waals surface area contributed by atoms with Gasteiger partial charge in [-0.15, -0.1) is 0 Å². The van der Waals surface area contributed by atoms with Gasteiger partial charge in [0, 0.05) is 0 Å². The van der Waals surface area contributed by atoms with Gasteiger partial charge in [0.25, 0.3) is 0 Å². The summed E-state index contributed by atoms with van der Waals surface area (Å²) in [5.41, 5.74) is 0.674. The van der Waals surface area contributed by atoms with Crippen molar-refractivity contribution in [1.29, 1.82) is 5.26 Å². The Hall–Kier alpha value is -1.49. The molecular weight excluding hydrogens is 210 g/mol. The minimum atomic E-state index is 0.250. The Morgan fingerprint density at radius 2 is 1.88 bits per heavy atom. The number of nitriles is 1. The molecule has 0 unspecified atom stereocenters. The van der Waals surface area contributed by atoms with Crippen molar-refractivity contribution in [2.75, 3.05) is 0 Å². The average molecular weight is 231 g/mol. The highest BCUT2D eigenvalue weighted by Gasteiger charge is 2.03. The van der Waals surface area contributed by atoms with Gasteiger partial charge in [-0.25, -0.2) is 0 Å². The van der Waals surface area contributed by atoms with Crippen molar-refractivity contribution in [3.05, 3.63) is 29.8 Å². The molecule has 1 rings (SSSR count). The lowest BCUT2D eigenvalue weighted by atomic mass is 10.1. The highest BCUT2D eigenvalue weighted by molar-refractivity contribution is 5.34. The number of unbranched alkanes of at least 4 members (excludes halogenated alkanes) is 3. The summed E-state index contributed by atoms with van der Waals surface area (Å²) >= 11 is 0. The molecule has 0 N–H and O–H groups in total. The predicted molar refractivity (Wildman–Crippen MR) is 70.0 cm³/mol. The fourth-order valence-corrected chi connectivity index (χ4v) is 1.76. The smallest absolute Gasteiger partial charge is 0.119 e. The van der Waals surface area contributed by atoms with Gasteiger partial charge in [-0.3, -0.25) is 0 Å². The van der Waals surface area contributed by atoms with Crippen molar-refractivity contribution in [3.63, 3.8) is 0 Å². The third-order valence-electron chi connectivity index (χ3n) is 2.78. The average Bonchev–Trinajstić information content (AvgIpc) is 2.36. The van der Waals surface area contributed by atoms with Crippen LogP contribution in [0.2, 0.25) is 0 Å². The summed E-state index contributed by atoms with van der Waals surface area (Å²) in [6.07, 6.45) is 6.44. The van der Waals surface area contributed by atoms with E-state index < -0.39 is 0 Å². The van der Waals surface area contributed by atoms with Crippen LogP contribution < -0.4 is 4.74 Å². The predicted octanol–water partition coefficient (Wildman–Crippen LogP) is 4.30. The minimum Gasteiger partial charge on any atom is -0.491 e. The Labute approximate surface area is 104 Å². The van der Waals surface area contributed by atoms with Crippen LogP contribution in [0, 0.1) is 11.3 Å². The molecule has 0 aliphatic carbocycles. The second-order valence-corrected chi connectivity index (χ2v) is 4.41. The van der Waals surface area contributed by atoms with Gasteiger partial charge >= 0.3 is 0 Å². The van der Waals surface area contributed by atoms with Crippen molar-refractivity contribution in [1.82, 2.24) is 0 Å². The number of hydrogen-bond acceptors (Lipinski definition) is 2. The molecule has 0 saturated carbocycles. The van der Waals surface area contributed by atoms with Gasteiger partial charge in [-0.2, -0.15) is 5.26 Å². The molecule has 2 heteroatoms. The maximum atomic E-state index is 8.69. The van der Waals surface area contributed by atoms with E-state index in [2.05, 4.69) is 19.9 Å². The maximum Gasteiger partial charge on any atom is 0.119 e. The molecule has 1 aromatic carbocycles. The van der Waals surface area contributed by atoms with Crippen LogP contribution in [0.15, 0.2) is 24.3 Å². The zero-order chi connectivity index (χ0) is 12.5. The van der Waals surface area contributed by atoms with Crippen molar-refractivity contribution in [3.8, 4) is 11.8 Å². The number of nitrogens with zero attached hydrogens (tertiary/aromatic N) is 1. The van der Waals surface area contributed by atoms with Crippen LogP contribution in [0.3, 0.4) is 0 Å². The fourth-order valence-electron chi connectivity index (χ4n) is 1.76. The normalized spacial score (nSPS) is 11.8. The molecule has 0 saturated heterocycles. The van der Waals surface area contributed by atoms with Crippen LogP contribution in [-0.4, -0.2) is 6.10 Å². The minimum absolute atomic E-state index is 0.250. The van der Waals surface area contributed by atoms with E-state index in [0.29, 0.717) is 5.56 Å². The summed E-state index contributed by atoms with van der Waals surface area (Å²) in [6, 6.07) is 9.41. The molecule has 0 radical (unpaired) electrons. The lowest BCUT2D eigenvalue weighted by Crippen LogP contribution is -2.11. The van der Waals surface area contributed by atoms with Gasteiger partial charge in [-0.1, -0.05) is 26.2 Å². The van der Waals surface area contributed by atoms with Crippen molar-refractivity contribution < 1.29 is 4.74 Å². The van der Waals surface area contributed by atoms with Gasteiger partial charge in [0.15, 0.2) is 0 Å². The maximum absolute atomic E-state index is 8.69. The molecule has 0 fully saturated rings. The molecular formula is C15H21NO. The first-order chi connectivity index (χ1) is 8.26. The third kappa shape index (κ3) is 5.40. The Bertz CT molecular complexity index is 350. The largest absolute Gasteiger partial charge is 0.491 e. The zero-order valence-electron chi connectivity index (χ0n) is 10.8. The Kier molecular flexibility index (Phi) is 6.17. The van der Waals surface area contributed by atoms with Gasteiger partial charge in [-0.05, 0) is 44.0 Å². The lowest BCUT2D eigenvalue weighted by molar-refractivity contribution is 0.206. The van der Waals surface area contributed by atoms with E-state index >= 15 is 0 Å². The van der Waals surface area contributed by atoms with Crippen LogP contribution in [0.1, 0.15) is 51.5 Å². The van der Waals surface area contributed by atoms with Crippen LogP contribution >= 0.6 is 0 Å². The van der Waals surface area contributed by atoms with Crippen LogP contribution in [0.25, 0.3) is 0 Å². The third-order valence-corrected chi connectivity index (χ3v) is 2.78. The fraction of sp³-hybridized carbons (Fsp3) is 0.533. The molecule has 0 amide bonds. The molecule has 17 heavy (non-hydrogen) atoms. The number of benzene rings is 1. The van der Waals surface area contributed by atoms with E-state index in [9.17, 15) is 0 Å². The highest BCUT2D eigenvalue weighted by atomic mass is 16.5. The van der Waals surface area contributed by atoms with E-state index in [1.807, 2.05) is 12.1 Å². The summed E-state index contributed by atoms with van der Waals surface area (Å²) in [4.78, 5) is 0. The van der Waals surface area contributed by atoms with Crippen LogP contribution in [-0.2, 0) is 0 Å². The molecule has 0 spiro atoms. The van der Waals surface area contributed by atoms with E-state index in [1.54, 1.807) is 12.1 Å². The summed E-state index contributed by atoms with van der Waals surface area (Å²) < 4.78 is 5.78.